The van der Waals surface area contributed by atoms with Gasteiger partial charge in [0.05, 0.1) is 5.88 Å². The van der Waals surface area contributed by atoms with Gasteiger partial charge in [-0.1, -0.05) is 0 Å². The molecule has 62 valence electrons. The highest BCUT2D eigenvalue weighted by molar-refractivity contribution is 6.47. The summed E-state index contributed by atoms with van der Waals surface area (Å²) in [6.45, 7) is 2.00. The molecule has 1 nitrogen and oxygen atoms in total. The number of ether oxygens (including phenoxy) is 1. The van der Waals surface area contributed by atoms with E-state index in [1.165, 1.54) is 12.8 Å². The lowest BCUT2D eigenvalue weighted by atomic mass is 10.4. The Bertz CT molecular complexity index is 56.4. The minimum atomic E-state index is -0.406. The molecule has 0 spiro atoms. The third-order valence-electron chi connectivity index (χ3n) is 0.944. The van der Waals surface area contributed by atoms with Crippen molar-refractivity contribution in [1.29, 1.82) is 0 Å². The van der Waals surface area contributed by atoms with E-state index in [1.807, 2.05) is 0 Å². The largest absolute Gasteiger partial charge is 0.381 e. The lowest BCUT2D eigenvalue weighted by Gasteiger charge is -1.82. The summed E-state index contributed by atoms with van der Waals surface area (Å²) in [7, 11) is 0. The molecule has 10 heavy (non-hydrogen) atoms. The van der Waals surface area contributed by atoms with Gasteiger partial charge in [-0.25, -0.2) is 0 Å². The highest BCUT2D eigenvalue weighted by Crippen LogP contribution is 2.01. The Kier molecular flexibility index (Phi) is 8.59. The van der Waals surface area contributed by atoms with E-state index in [2.05, 4.69) is 0 Å². The van der Waals surface area contributed by atoms with E-state index in [0.717, 1.165) is 13.2 Å². The van der Waals surface area contributed by atoms with E-state index < -0.39 is 4.84 Å². The number of rotatable bonds is 1. The molecule has 0 aromatic rings. The first-order chi connectivity index (χ1) is 4.77. The summed E-state index contributed by atoms with van der Waals surface area (Å²) in [5.41, 5.74) is 0. The Balaban J connectivity index is 0.000000162. The molecule has 1 fully saturated rings. The zero-order valence-electron chi connectivity index (χ0n) is 5.66. The van der Waals surface area contributed by atoms with Gasteiger partial charge in [0.1, 0.15) is 4.84 Å². The van der Waals surface area contributed by atoms with Crippen molar-refractivity contribution >= 4 is 34.8 Å². The quantitative estimate of drug-likeness (QED) is 0.598. The van der Waals surface area contributed by atoms with E-state index >= 15 is 0 Å². The maximum absolute atomic E-state index is 5.10. The zero-order chi connectivity index (χ0) is 7.82. The molecule has 4 heteroatoms. The van der Waals surface area contributed by atoms with Crippen molar-refractivity contribution in [3.05, 3.63) is 0 Å². The molecule has 1 aliphatic rings. The highest BCUT2D eigenvalue weighted by Gasteiger charge is 1.94. The van der Waals surface area contributed by atoms with E-state index in [9.17, 15) is 0 Å². The molecule has 1 heterocycles. The number of hydrogen-bond donors (Lipinski definition) is 0. The van der Waals surface area contributed by atoms with Gasteiger partial charge < -0.3 is 4.74 Å². The Hall–Kier alpha value is 0.830. The van der Waals surface area contributed by atoms with Gasteiger partial charge in [0, 0.05) is 13.2 Å². The highest BCUT2D eigenvalue weighted by atomic mass is 35.5. The molecule has 0 aromatic carbocycles. The van der Waals surface area contributed by atoms with Gasteiger partial charge in [-0.2, -0.15) is 0 Å². The van der Waals surface area contributed by atoms with Crippen molar-refractivity contribution in [3.8, 4) is 0 Å². The van der Waals surface area contributed by atoms with Gasteiger partial charge in [-0.15, -0.1) is 34.8 Å². The maximum Gasteiger partial charge on any atom is 0.121 e. The van der Waals surface area contributed by atoms with Gasteiger partial charge in [0.25, 0.3) is 0 Å². The van der Waals surface area contributed by atoms with Gasteiger partial charge >= 0.3 is 0 Å². The molecule has 0 N–H and O–H groups in total. The lowest BCUT2D eigenvalue weighted by molar-refractivity contribution is 0.198. The molecule has 0 saturated carbocycles. The molecular weight excluding hydrogens is 194 g/mol. The summed E-state index contributed by atoms with van der Waals surface area (Å²) in [4.78, 5) is -0.406. The van der Waals surface area contributed by atoms with Crippen LogP contribution in [-0.4, -0.2) is 23.9 Å². The SMILES string of the molecule is C1CCOC1.ClCC(Cl)Cl. The second kappa shape index (κ2) is 7.93. The average molecular weight is 206 g/mol. The van der Waals surface area contributed by atoms with E-state index in [4.69, 9.17) is 39.5 Å². The molecule has 0 atom stereocenters. The van der Waals surface area contributed by atoms with Crippen LogP contribution < -0.4 is 0 Å². The summed E-state index contributed by atoms with van der Waals surface area (Å²) in [5.74, 6) is 0.309. The minimum Gasteiger partial charge on any atom is -0.381 e. The predicted molar refractivity (Wildman–Crippen MR) is 46.3 cm³/mol. The fourth-order valence-corrected chi connectivity index (χ4v) is 0.510. The molecule has 0 aliphatic carbocycles. The summed E-state index contributed by atoms with van der Waals surface area (Å²) >= 11 is 15.3. The molecular formula is C6H11Cl3O. The normalized spacial score (nSPS) is 16.8. The van der Waals surface area contributed by atoms with Crippen LogP contribution in [0.2, 0.25) is 0 Å². The zero-order valence-corrected chi connectivity index (χ0v) is 7.92. The third-order valence-corrected chi connectivity index (χ3v) is 1.88. The van der Waals surface area contributed by atoms with Gasteiger partial charge in [-0.3, -0.25) is 0 Å². The van der Waals surface area contributed by atoms with Crippen LogP contribution in [0.4, 0.5) is 0 Å². The van der Waals surface area contributed by atoms with Gasteiger partial charge in [0.2, 0.25) is 0 Å². The molecule has 0 radical (unpaired) electrons. The second-order valence-electron chi connectivity index (χ2n) is 1.86. The minimum absolute atomic E-state index is 0.309. The fraction of sp³-hybridized carbons (Fsp3) is 1.00. The average Bonchev–Trinajstić information content (AvgIpc) is 2.43. The Morgan fingerprint density at radius 3 is 1.70 bits per heavy atom. The fourth-order valence-electron chi connectivity index (χ4n) is 0.510. The van der Waals surface area contributed by atoms with Gasteiger partial charge in [0.15, 0.2) is 0 Å². The standard InChI is InChI=1S/C4H8O.C2H3Cl3/c1-2-4-5-3-1;3-1-2(4)5/h1-4H2;2H,1H2. The van der Waals surface area contributed by atoms with Crippen LogP contribution in [0.1, 0.15) is 12.8 Å². The molecule has 0 bridgehead atoms. The number of hydrogen-bond acceptors (Lipinski definition) is 1. The van der Waals surface area contributed by atoms with Crippen LogP contribution in [-0.2, 0) is 4.74 Å². The first-order valence-electron chi connectivity index (χ1n) is 3.19. The molecule has 0 unspecified atom stereocenters. The second-order valence-corrected chi connectivity index (χ2v) is 3.45. The Morgan fingerprint density at radius 1 is 1.20 bits per heavy atom. The van der Waals surface area contributed by atoms with Gasteiger partial charge in [-0.05, 0) is 12.8 Å². The van der Waals surface area contributed by atoms with Crippen LogP contribution in [0, 0.1) is 0 Å². The van der Waals surface area contributed by atoms with Crippen molar-refractivity contribution in [2.45, 2.75) is 17.7 Å². The summed E-state index contributed by atoms with van der Waals surface area (Å²) in [6.07, 6.45) is 2.56. The van der Waals surface area contributed by atoms with Crippen LogP contribution in [0.25, 0.3) is 0 Å². The Labute approximate surface area is 76.6 Å². The van der Waals surface area contributed by atoms with Crippen molar-refractivity contribution in [2.24, 2.45) is 0 Å². The van der Waals surface area contributed by atoms with Crippen molar-refractivity contribution < 1.29 is 4.74 Å². The summed E-state index contributed by atoms with van der Waals surface area (Å²) in [5, 5.41) is 0. The number of halogens is 3. The topological polar surface area (TPSA) is 9.23 Å². The lowest BCUT2D eigenvalue weighted by Crippen LogP contribution is -1.82. The van der Waals surface area contributed by atoms with E-state index in [-0.39, 0.29) is 0 Å². The molecule has 1 saturated heterocycles. The molecule has 0 amide bonds. The van der Waals surface area contributed by atoms with E-state index in [0.29, 0.717) is 5.88 Å². The number of alkyl halides is 3. The maximum atomic E-state index is 5.10. The van der Waals surface area contributed by atoms with Crippen molar-refractivity contribution in [2.75, 3.05) is 19.1 Å². The van der Waals surface area contributed by atoms with Crippen LogP contribution in [0.15, 0.2) is 0 Å². The molecule has 1 rings (SSSR count). The van der Waals surface area contributed by atoms with Crippen molar-refractivity contribution in [3.63, 3.8) is 0 Å². The van der Waals surface area contributed by atoms with Crippen molar-refractivity contribution in [1.82, 2.24) is 0 Å². The van der Waals surface area contributed by atoms with Crippen LogP contribution in [0.3, 0.4) is 0 Å². The predicted octanol–water partition coefficient (Wildman–Crippen LogP) is 2.83. The van der Waals surface area contributed by atoms with E-state index in [1.54, 1.807) is 0 Å². The monoisotopic (exact) mass is 204 g/mol. The summed E-state index contributed by atoms with van der Waals surface area (Å²) in [6, 6.07) is 0. The third kappa shape index (κ3) is 8.83. The first kappa shape index (κ1) is 10.8. The van der Waals surface area contributed by atoms with Crippen LogP contribution >= 0.6 is 34.8 Å². The summed E-state index contributed by atoms with van der Waals surface area (Å²) < 4.78 is 4.94. The Morgan fingerprint density at radius 2 is 1.60 bits per heavy atom. The first-order valence-corrected chi connectivity index (χ1v) is 4.60. The smallest absolute Gasteiger partial charge is 0.121 e. The molecule has 1 aliphatic heterocycles. The van der Waals surface area contributed by atoms with Crippen LogP contribution in [0.5, 0.6) is 0 Å². The molecule has 0 aromatic heterocycles.